The van der Waals surface area contributed by atoms with Gasteiger partial charge < -0.3 is 10.2 Å². The molecule has 1 atom stereocenters. The van der Waals surface area contributed by atoms with Gasteiger partial charge in [-0.3, -0.25) is 14.6 Å². The predicted molar refractivity (Wildman–Crippen MR) is 74.8 cm³/mol. The lowest BCUT2D eigenvalue weighted by Gasteiger charge is -2.19. The van der Waals surface area contributed by atoms with Crippen molar-refractivity contribution in [2.24, 2.45) is 4.99 Å². The maximum absolute atomic E-state index is 11.9. The Balaban J connectivity index is 2.46. The quantitative estimate of drug-likeness (QED) is 0.610. The van der Waals surface area contributed by atoms with Crippen LogP contribution < -0.4 is 5.32 Å². The van der Waals surface area contributed by atoms with Gasteiger partial charge in [0.15, 0.2) is 0 Å². The Morgan fingerprint density at radius 2 is 2.33 bits per heavy atom. The summed E-state index contributed by atoms with van der Waals surface area (Å²) in [5.41, 5.74) is 0.997. The molecule has 5 nitrogen and oxygen atoms in total. The van der Waals surface area contributed by atoms with Crippen LogP contribution in [0.3, 0.4) is 0 Å². The van der Waals surface area contributed by atoms with E-state index in [9.17, 15) is 9.59 Å². The highest BCUT2D eigenvalue weighted by Crippen LogP contribution is 2.14. The molecule has 1 heterocycles. The monoisotopic (exact) mass is 315 g/mol. The summed E-state index contributed by atoms with van der Waals surface area (Å²) in [6.07, 6.45) is 4.24. The lowest BCUT2D eigenvalue weighted by atomic mass is 10.2. The van der Waals surface area contributed by atoms with Gasteiger partial charge in [0.1, 0.15) is 6.04 Å². The van der Waals surface area contributed by atoms with E-state index in [2.05, 4.69) is 26.2 Å². The Bertz CT molecular complexity index is 380. The minimum absolute atomic E-state index is 0.0862. The van der Waals surface area contributed by atoms with Crippen LogP contribution in [0.2, 0.25) is 0 Å². The molecule has 18 heavy (non-hydrogen) atoms. The average molecular weight is 316 g/mol. The van der Waals surface area contributed by atoms with E-state index >= 15 is 0 Å². The molecule has 1 aliphatic heterocycles. The van der Waals surface area contributed by atoms with E-state index in [1.807, 2.05) is 13.0 Å². The third-order valence-electron chi connectivity index (χ3n) is 2.85. The summed E-state index contributed by atoms with van der Waals surface area (Å²) in [6.45, 7) is 3.05. The summed E-state index contributed by atoms with van der Waals surface area (Å²) in [7, 11) is 1.69. The molecule has 1 rings (SSSR count). The van der Waals surface area contributed by atoms with Gasteiger partial charge in [-0.1, -0.05) is 5.57 Å². The maximum atomic E-state index is 11.9. The number of halogens is 1. The van der Waals surface area contributed by atoms with Crippen LogP contribution in [0.25, 0.3) is 0 Å². The number of allylic oxidation sites excluding steroid dienone is 1. The molecule has 0 spiro atoms. The Morgan fingerprint density at radius 1 is 1.61 bits per heavy atom. The lowest BCUT2D eigenvalue weighted by molar-refractivity contribution is -0.130. The molecule has 0 bridgehead atoms. The molecule has 0 radical (unpaired) electrons. The fourth-order valence-electron chi connectivity index (χ4n) is 1.86. The summed E-state index contributed by atoms with van der Waals surface area (Å²) >= 11 is 3.28. The van der Waals surface area contributed by atoms with Gasteiger partial charge in [0, 0.05) is 20.1 Å². The molecular weight excluding hydrogens is 298 g/mol. The van der Waals surface area contributed by atoms with Crippen LogP contribution in [-0.4, -0.2) is 48.0 Å². The third-order valence-corrected chi connectivity index (χ3v) is 3.44. The minimum Gasteiger partial charge on any atom is -0.351 e. The molecular formula is C12H18BrN3O2. The molecule has 6 heteroatoms. The van der Waals surface area contributed by atoms with E-state index in [0.717, 1.165) is 29.4 Å². The van der Waals surface area contributed by atoms with Crippen molar-refractivity contribution < 1.29 is 9.59 Å². The molecule has 1 unspecified atom stereocenters. The first-order chi connectivity index (χ1) is 8.58. The van der Waals surface area contributed by atoms with Crippen molar-refractivity contribution in [3.05, 3.63) is 11.6 Å². The second-order valence-corrected chi connectivity index (χ2v) is 5.07. The number of hydrogen-bond acceptors (Lipinski definition) is 3. The van der Waals surface area contributed by atoms with Gasteiger partial charge in [-0.2, -0.15) is 0 Å². The summed E-state index contributed by atoms with van der Waals surface area (Å²) in [6, 6.07) is -0.307. The average Bonchev–Trinajstić information content (AvgIpc) is 2.84. The van der Waals surface area contributed by atoms with Gasteiger partial charge in [0.2, 0.25) is 12.3 Å². The van der Waals surface area contributed by atoms with Crippen molar-refractivity contribution in [2.45, 2.75) is 25.8 Å². The van der Waals surface area contributed by atoms with Crippen molar-refractivity contribution in [3.63, 3.8) is 0 Å². The van der Waals surface area contributed by atoms with Crippen molar-refractivity contribution >= 4 is 32.9 Å². The van der Waals surface area contributed by atoms with Gasteiger partial charge in [-0.15, -0.1) is 0 Å². The normalized spacial score (nSPS) is 21.1. The Morgan fingerprint density at radius 3 is 2.94 bits per heavy atom. The second-order valence-electron chi connectivity index (χ2n) is 4.26. The largest absolute Gasteiger partial charge is 0.351 e. The zero-order valence-electron chi connectivity index (χ0n) is 10.6. The Labute approximate surface area is 115 Å². The maximum Gasteiger partial charge on any atom is 0.243 e. The van der Waals surface area contributed by atoms with E-state index in [1.54, 1.807) is 11.9 Å². The van der Waals surface area contributed by atoms with Crippen molar-refractivity contribution in [1.82, 2.24) is 10.2 Å². The number of nitrogens with zero attached hydrogens (tertiary/aromatic N) is 2. The smallest absolute Gasteiger partial charge is 0.243 e. The van der Waals surface area contributed by atoms with Crippen LogP contribution in [0.1, 0.15) is 19.8 Å². The number of hydrogen-bond donors (Lipinski definition) is 1. The molecule has 0 aliphatic carbocycles. The summed E-state index contributed by atoms with van der Waals surface area (Å²) in [5, 5.41) is 2.83. The second kappa shape index (κ2) is 7.31. The molecule has 100 valence electrons. The lowest BCUT2D eigenvalue weighted by Crippen LogP contribution is -2.43. The van der Waals surface area contributed by atoms with E-state index < -0.39 is 0 Å². The Kier molecular flexibility index (Phi) is 6.04. The highest BCUT2D eigenvalue weighted by molar-refractivity contribution is 9.18. The van der Waals surface area contributed by atoms with Crippen molar-refractivity contribution in [1.29, 1.82) is 0 Å². The number of rotatable bonds is 5. The first kappa shape index (κ1) is 14.9. The van der Waals surface area contributed by atoms with Gasteiger partial charge in [0.25, 0.3) is 0 Å². The van der Waals surface area contributed by atoms with E-state index in [1.165, 1.54) is 0 Å². The fraction of sp³-hybridized carbons (Fsp3) is 0.583. The van der Waals surface area contributed by atoms with Crippen LogP contribution in [0, 0.1) is 0 Å². The number of likely N-dealkylation sites (tertiary alicyclic amines) is 1. The van der Waals surface area contributed by atoms with Gasteiger partial charge in [-0.25, -0.2) is 0 Å². The van der Waals surface area contributed by atoms with Crippen LogP contribution in [0.4, 0.5) is 0 Å². The van der Waals surface area contributed by atoms with Crippen LogP contribution in [0.5, 0.6) is 0 Å². The van der Waals surface area contributed by atoms with E-state index in [-0.39, 0.29) is 11.9 Å². The first-order valence-corrected chi connectivity index (χ1v) is 6.66. The number of carbonyl (C=O) groups excluding carboxylic acids is 2. The van der Waals surface area contributed by atoms with Crippen LogP contribution in [0.15, 0.2) is 16.6 Å². The summed E-state index contributed by atoms with van der Waals surface area (Å²) in [4.78, 5) is 28.2. The van der Waals surface area contributed by atoms with Crippen molar-refractivity contribution in [2.75, 3.05) is 20.1 Å². The van der Waals surface area contributed by atoms with Crippen LogP contribution >= 0.6 is 15.9 Å². The standard InChI is InChI=1S/C12H18BrN3O2/c1-9(6-11(13)14-2)7-15-12(18)10-4-3-5-16(10)8-17/h6,8,10H,3-5,7H2,1-2H3,(H,15,18)/b9-6+,14-11+. The summed E-state index contributed by atoms with van der Waals surface area (Å²) in [5.74, 6) is -0.0862. The fourth-order valence-corrected chi connectivity index (χ4v) is 2.25. The van der Waals surface area contributed by atoms with Gasteiger partial charge in [0.05, 0.1) is 4.62 Å². The molecule has 0 aromatic carbocycles. The molecule has 1 N–H and O–H groups in total. The number of nitrogens with one attached hydrogen (secondary N) is 1. The molecule has 1 saturated heterocycles. The Hall–Kier alpha value is -1.17. The molecule has 1 aliphatic rings. The predicted octanol–water partition coefficient (Wildman–Crippen LogP) is 1.09. The highest BCUT2D eigenvalue weighted by Gasteiger charge is 2.29. The van der Waals surface area contributed by atoms with Gasteiger partial charge in [-0.05, 0) is 41.8 Å². The van der Waals surface area contributed by atoms with Crippen molar-refractivity contribution in [3.8, 4) is 0 Å². The summed E-state index contributed by atoms with van der Waals surface area (Å²) < 4.78 is 0.740. The molecule has 1 fully saturated rings. The van der Waals surface area contributed by atoms with Crippen LogP contribution in [-0.2, 0) is 9.59 Å². The number of carbonyl (C=O) groups is 2. The SMILES string of the molecule is C/N=C(Br)\C=C(/C)CNC(=O)C1CCCN1C=O. The first-order valence-electron chi connectivity index (χ1n) is 5.86. The zero-order chi connectivity index (χ0) is 13.5. The molecule has 0 aromatic rings. The van der Waals surface area contributed by atoms with E-state index in [0.29, 0.717) is 13.1 Å². The number of amides is 2. The zero-order valence-corrected chi connectivity index (χ0v) is 12.2. The molecule has 0 saturated carbocycles. The van der Waals surface area contributed by atoms with Gasteiger partial charge >= 0.3 is 0 Å². The molecule has 0 aromatic heterocycles. The number of aliphatic imine (C=N–C) groups is 1. The third kappa shape index (κ3) is 4.25. The minimum atomic E-state index is -0.307. The molecule has 2 amide bonds. The van der Waals surface area contributed by atoms with E-state index in [4.69, 9.17) is 0 Å². The highest BCUT2D eigenvalue weighted by atomic mass is 79.9. The topological polar surface area (TPSA) is 61.8 Å².